The Labute approximate surface area is 192 Å². The predicted molar refractivity (Wildman–Crippen MR) is 123 cm³/mol. The van der Waals surface area contributed by atoms with E-state index in [-0.39, 0.29) is 19.4 Å². The molecular weight excluding hydrogens is 432 g/mol. The van der Waals surface area contributed by atoms with E-state index >= 15 is 0 Å². The van der Waals surface area contributed by atoms with Gasteiger partial charge in [0.25, 0.3) is 0 Å². The number of methoxy groups -OCH3 is 1. The zero-order chi connectivity index (χ0) is 23.4. The lowest BCUT2D eigenvalue weighted by molar-refractivity contribution is -0.0498. The lowest BCUT2D eigenvalue weighted by Gasteiger charge is -2.35. The first-order chi connectivity index (χ1) is 15.9. The highest BCUT2D eigenvalue weighted by Crippen LogP contribution is 2.31. The molecule has 3 heterocycles. The highest BCUT2D eigenvalue weighted by molar-refractivity contribution is 5.72. The summed E-state index contributed by atoms with van der Waals surface area (Å²) in [6.45, 7) is 2.60. The maximum atomic E-state index is 12.4. The van der Waals surface area contributed by atoms with Crippen molar-refractivity contribution >= 4 is 17.5 Å². The maximum Gasteiger partial charge on any atom is 0.387 e. The van der Waals surface area contributed by atoms with Crippen LogP contribution in [0.25, 0.3) is 11.1 Å². The van der Waals surface area contributed by atoms with Gasteiger partial charge in [0.1, 0.15) is 17.3 Å². The second-order valence-electron chi connectivity index (χ2n) is 7.71. The molecule has 1 N–H and O–H groups in total. The predicted octanol–water partition coefficient (Wildman–Crippen LogP) is 4.75. The first kappa shape index (κ1) is 22.7. The molecule has 0 spiro atoms. The zero-order valence-corrected chi connectivity index (χ0v) is 18.5. The molecule has 0 amide bonds. The highest BCUT2D eigenvalue weighted by atomic mass is 19.3. The molecule has 3 aromatic rings. The molecule has 8 nitrogen and oxygen atoms in total. The van der Waals surface area contributed by atoms with Crippen LogP contribution >= 0.6 is 0 Å². The van der Waals surface area contributed by atoms with E-state index in [1.165, 1.54) is 19.2 Å². The van der Waals surface area contributed by atoms with Gasteiger partial charge in [0.05, 0.1) is 19.3 Å². The number of anilines is 3. The minimum absolute atomic E-state index is 0. The Hall–Kier alpha value is -3.53. The number of alkyl halides is 2. The fourth-order valence-electron chi connectivity index (χ4n) is 3.74. The zero-order valence-electron chi connectivity index (χ0n) is 18.5. The molecule has 0 aliphatic carbocycles. The molecule has 10 heteroatoms. The number of hydrogen-bond donors (Lipinski definition) is 1. The summed E-state index contributed by atoms with van der Waals surface area (Å²) in [6.07, 6.45) is 3.52. The van der Waals surface area contributed by atoms with Crippen molar-refractivity contribution in [2.24, 2.45) is 0 Å². The van der Waals surface area contributed by atoms with Crippen LogP contribution in [-0.4, -0.2) is 54.0 Å². The van der Waals surface area contributed by atoms with E-state index in [0.717, 1.165) is 11.1 Å². The standard InChI is InChI=1S/C23H25F2N5O3.H2/c1-14-12-30(13-15(2)32-14)23-26-9-8-20(29-23)28-19-10-17(11-27-21(19)31-3)16-4-6-18(7-5-16)33-22(24)25;/h4-11,14-15,22H,12-13H2,1-3H3,(H,26,28,29);1H/t14-,15+;. The number of nitrogens with one attached hydrogen (secondary N) is 1. The third kappa shape index (κ3) is 5.64. The summed E-state index contributed by atoms with van der Waals surface area (Å²) in [5.41, 5.74) is 2.16. The summed E-state index contributed by atoms with van der Waals surface area (Å²) in [7, 11) is 1.53. The summed E-state index contributed by atoms with van der Waals surface area (Å²) < 4.78 is 40.4. The lowest BCUT2D eigenvalue weighted by atomic mass is 10.1. The van der Waals surface area contributed by atoms with Gasteiger partial charge in [0.15, 0.2) is 0 Å². The Balaban J connectivity index is 0.00000324. The van der Waals surface area contributed by atoms with E-state index in [1.807, 2.05) is 19.9 Å². The third-order valence-corrected chi connectivity index (χ3v) is 5.07. The average Bonchev–Trinajstić information content (AvgIpc) is 2.79. The molecule has 2 atom stereocenters. The molecule has 0 bridgehead atoms. The van der Waals surface area contributed by atoms with Crippen LogP contribution in [0.3, 0.4) is 0 Å². The number of nitrogens with zero attached hydrogens (tertiary/aromatic N) is 4. The van der Waals surface area contributed by atoms with Crippen molar-refractivity contribution in [2.45, 2.75) is 32.7 Å². The molecule has 0 saturated carbocycles. The van der Waals surface area contributed by atoms with E-state index in [4.69, 9.17) is 9.47 Å². The van der Waals surface area contributed by atoms with Gasteiger partial charge in [-0.2, -0.15) is 13.8 Å². The van der Waals surface area contributed by atoms with Gasteiger partial charge in [0, 0.05) is 32.5 Å². The maximum absolute atomic E-state index is 12.4. The summed E-state index contributed by atoms with van der Waals surface area (Å²) in [5.74, 6) is 1.68. The van der Waals surface area contributed by atoms with Gasteiger partial charge >= 0.3 is 6.61 Å². The van der Waals surface area contributed by atoms with Crippen LogP contribution in [0.1, 0.15) is 15.3 Å². The lowest BCUT2D eigenvalue weighted by Crippen LogP contribution is -2.46. The quantitative estimate of drug-likeness (QED) is 0.542. The van der Waals surface area contributed by atoms with E-state index < -0.39 is 6.61 Å². The normalized spacial score (nSPS) is 18.3. The van der Waals surface area contributed by atoms with Gasteiger partial charge in [-0.1, -0.05) is 12.1 Å². The number of pyridine rings is 1. The number of rotatable bonds is 7. The van der Waals surface area contributed by atoms with E-state index in [2.05, 4.69) is 29.9 Å². The topological polar surface area (TPSA) is 81.6 Å². The van der Waals surface area contributed by atoms with Crippen LogP contribution in [0.2, 0.25) is 0 Å². The number of morpholine rings is 1. The summed E-state index contributed by atoms with van der Waals surface area (Å²) in [4.78, 5) is 15.5. The Kier molecular flexibility index (Phi) is 6.83. The number of hydrogen-bond acceptors (Lipinski definition) is 8. The summed E-state index contributed by atoms with van der Waals surface area (Å²) in [6, 6.07) is 9.97. The van der Waals surface area contributed by atoms with Crippen LogP contribution in [0.15, 0.2) is 48.8 Å². The van der Waals surface area contributed by atoms with Crippen LogP contribution in [0, 0.1) is 0 Å². The molecule has 176 valence electrons. The molecule has 1 saturated heterocycles. The van der Waals surface area contributed by atoms with E-state index in [1.54, 1.807) is 30.6 Å². The molecule has 0 radical (unpaired) electrons. The van der Waals surface area contributed by atoms with Crippen molar-refractivity contribution in [3.63, 3.8) is 0 Å². The van der Waals surface area contributed by atoms with Crippen molar-refractivity contribution in [3.05, 3.63) is 48.8 Å². The smallest absolute Gasteiger partial charge is 0.387 e. The Morgan fingerprint density at radius 1 is 1.09 bits per heavy atom. The largest absolute Gasteiger partial charge is 0.480 e. The first-order valence-electron chi connectivity index (χ1n) is 10.5. The molecule has 1 aliphatic rings. The van der Waals surface area contributed by atoms with Crippen molar-refractivity contribution in [3.8, 4) is 22.8 Å². The molecule has 2 aromatic heterocycles. The molecule has 1 fully saturated rings. The monoisotopic (exact) mass is 459 g/mol. The SMILES string of the molecule is COc1ncc(-c2ccc(OC(F)F)cc2)cc1Nc1ccnc(N2C[C@@H](C)O[C@@H](C)C2)n1.[HH]. The minimum Gasteiger partial charge on any atom is -0.480 e. The van der Waals surface area contributed by atoms with Crippen molar-refractivity contribution in [1.82, 2.24) is 15.0 Å². The number of halogens is 2. The highest BCUT2D eigenvalue weighted by Gasteiger charge is 2.24. The molecule has 33 heavy (non-hydrogen) atoms. The van der Waals surface area contributed by atoms with Crippen LogP contribution < -0.4 is 19.7 Å². The van der Waals surface area contributed by atoms with Crippen molar-refractivity contribution < 1.29 is 24.4 Å². The van der Waals surface area contributed by atoms with Crippen LogP contribution in [0.4, 0.5) is 26.2 Å². The second-order valence-corrected chi connectivity index (χ2v) is 7.71. The van der Waals surface area contributed by atoms with E-state index in [9.17, 15) is 8.78 Å². The summed E-state index contributed by atoms with van der Waals surface area (Å²) in [5, 5.41) is 3.25. The number of ether oxygens (including phenoxy) is 3. The average molecular weight is 459 g/mol. The Morgan fingerprint density at radius 3 is 2.48 bits per heavy atom. The number of benzene rings is 1. The Morgan fingerprint density at radius 2 is 1.82 bits per heavy atom. The van der Waals surface area contributed by atoms with Gasteiger partial charge in [-0.25, -0.2) is 9.97 Å². The van der Waals surface area contributed by atoms with Crippen molar-refractivity contribution in [2.75, 3.05) is 30.4 Å². The second kappa shape index (κ2) is 9.95. The van der Waals surface area contributed by atoms with E-state index in [0.29, 0.717) is 36.4 Å². The van der Waals surface area contributed by atoms with Gasteiger partial charge in [-0.15, -0.1) is 0 Å². The Bertz CT molecular complexity index is 1080. The van der Waals surface area contributed by atoms with Gasteiger partial charge < -0.3 is 24.4 Å². The van der Waals surface area contributed by atoms with Gasteiger partial charge in [-0.3, -0.25) is 0 Å². The molecule has 1 aromatic carbocycles. The summed E-state index contributed by atoms with van der Waals surface area (Å²) >= 11 is 0. The van der Waals surface area contributed by atoms with Gasteiger partial charge in [-0.05, 0) is 43.7 Å². The van der Waals surface area contributed by atoms with Crippen LogP contribution in [0.5, 0.6) is 11.6 Å². The molecular formula is C23H27F2N5O3. The van der Waals surface area contributed by atoms with Gasteiger partial charge in [0.2, 0.25) is 11.8 Å². The van der Waals surface area contributed by atoms with Crippen LogP contribution in [-0.2, 0) is 4.74 Å². The first-order valence-corrected chi connectivity index (χ1v) is 10.5. The fraction of sp³-hybridized carbons (Fsp3) is 0.348. The number of aromatic nitrogens is 3. The van der Waals surface area contributed by atoms with Crippen molar-refractivity contribution in [1.29, 1.82) is 0 Å². The minimum atomic E-state index is -2.86. The third-order valence-electron chi connectivity index (χ3n) is 5.07. The molecule has 4 rings (SSSR count). The molecule has 1 aliphatic heterocycles. The molecule has 0 unspecified atom stereocenters. The fourth-order valence-corrected chi connectivity index (χ4v) is 3.74.